The molecule has 0 saturated carbocycles. The molecule has 1 amide bonds. The van der Waals surface area contributed by atoms with Crippen LogP contribution in [0.1, 0.15) is 0 Å². The summed E-state index contributed by atoms with van der Waals surface area (Å²) in [5.41, 5.74) is 1.12. The third kappa shape index (κ3) is 3.99. The first-order valence-corrected chi connectivity index (χ1v) is 8.74. The molecule has 0 aromatic heterocycles. The van der Waals surface area contributed by atoms with Gasteiger partial charge in [-0.15, -0.1) is 0 Å². The van der Waals surface area contributed by atoms with Crippen LogP contribution in [-0.2, 0) is 4.79 Å². The number of anilines is 1. The summed E-state index contributed by atoms with van der Waals surface area (Å²) in [6.07, 6.45) is 0. The van der Waals surface area contributed by atoms with Crippen molar-refractivity contribution in [1.29, 1.82) is 0 Å². The second kappa shape index (κ2) is 7.85. The molecule has 0 spiro atoms. The molecular weight excluding hydrogens is 304 g/mol. The highest BCUT2D eigenvalue weighted by Gasteiger charge is 2.25. The van der Waals surface area contributed by atoms with Crippen LogP contribution in [-0.4, -0.2) is 93.7 Å². The molecule has 1 aromatic rings. The Bertz CT molecular complexity index is 550. The average molecular weight is 332 g/mol. The molecule has 0 N–H and O–H groups in total. The van der Waals surface area contributed by atoms with E-state index in [1.807, 2.05) is 23.1 Å². The van der Waals surface area contributed by atoms with Gasteiger partial charge < -0.3 is 19.4 Å². The highest BCUT2D eigenvalue weighted by molar-refractivity contribution is 5.78. The highest BCUT2D eigenvalue weighted by atomic mass is 16.5. The van der Waals surface area contributed by atoms with Gasteiger partial charge in [-0.1, -0.05) is 12.1 Å². The van der Waals surface area contributed by atoms with Gasteiger partial charge in [0.2, 0.25) is 5.91 Å². The van der Waals surface area contributed by atoms with Crippen molar-refractivity contribution in [2.24, 2.45) is 0 Å². The van der Waals surface area contributed by atoms with Gasteiger partial charge in [0.05, 0.1) is 19.3 Å². The van der Waals surface area contributed by atoms with Crippen molar-refractivity contribution in [3.63, 3.8) is 0 Å². The smallest absolute Gasteiger partial charge is 0.236 e. The molecular formula is C18H28N4O2. The van der Waals surface area contributed by atoms with Crippen molar-refractivity contribution < 1.29 is 9.53 Å². The third-order valence-corrected chi connectivity index (χ3v) is 5.01. The molecule has 2 aliphatic heterocycles. The van der Waals surface area contributed by atoms with E-state index in [4.69, 9.17) is 4.74 Å². The van der Waals surface area contributed by atoms with E-state index in [1.54, 1.807) is 7.11 Å². The number of rotatable bonds is 4. The summed E-state index contributed by atoms with van der Waals surface area (Å²) < 4.78 is 5.45. The normalized spacial score (nSPS) is 20.2. The molecule has 2 heterocycles. The minimum Gasteiger partial charge on any atom is -0.495 e. The maximum absolute atomic E-state index is 12.5. The number of nitrogens with zero attached hydrogens (tertiary/aromatic N) is 4. The van der Waals surface area contributed by atoms with Crippen LogP contribution in [0.25, 0.3) is 0 Å². The molecule has 3 rings (SSSR count). The van der Waals surface area contributed by atoms with Gasteiger partial charge in [0.25, 0.3) is 0 Å². The fraction of sp³-hybridized carbons (Fsp3) is 0.611. The number of methoxy groups -OCH3 is 1. The predicted molar refractivity (Wildman–Crippen MR) is 95.7 cm³/mol. The van der Waals surface area contributed by atoms with Gasteiger partial charge in [-0.2, -0.15) is 0 Å². The van der Waals surface area contributed by atoms with E-state index in [1.165, 1.54) is 0 Å². The van der Waals surface area contributed by atoms with E-state index in [-0.39, 0.29) is 5.91 Å². The Labute approximate surface area is 144 Å². The molecule has 2 fully saturated rings. The van der Waals surface area contributed by atoms with Gasteiger partial charge in [-0.25, -0.2) is 0 Å². The number of piperazine rings is 2. The van der Waals surface area contributed by atoms with E-state index in [0.29, 0.717) is 6.54 Å². The molecule has 2 saturated heterocycles. The van der Waals surface area contributed by atoms with Gasteiger partial charge in [0.1, 0.15) is 5.75 Å². The van der Waals surface area contributed by atoms with Crippen molar-refractivity contribution in [2.45, 2.75) is 0 Å². The summed E-state index contributed by atoms with van der Waals surface area (Å²) in [4.78, 5) is 21.4. The first kappa shape index (κ1) is 17.0. The number of hydrogen-bond acceptors (Lipinski definition) is 5. The summed E-state index contributed by atoms with van der Waals surface area (Å²) in [5, 5.41) is 0. The van der Waals surface area contributed by atoms with Crippen LogP contribution in [0.2, 0.25) is 0 Å². The molecule has 0 aliphatic carbocycles. The Kier molecular flexibility index (Phi) is 5.58. The van der Waals surface area contributed by atoms with Gasteiger partial charge in [-0.05, 0) is 19.2 Å². The zero-order valence-electron chi connectivity index (χ0n) is 14.8. The Hall–Kier alpha value is -1.79. The molecule has 6 nitrogen and oxygen atoms in total. The van der Waals surface area contributed by atoms with Gasteiger partial charge >= 0.3 is 0 Å². The largest absolute Gasteiger partial charge is 0.495 e. The SMILES string of the molecule is COc1ccccc1N1CCN(C(=O)CN2CCN(C)CC2)CC1. The standard InChI is InChI=1S/C18H28N4O2/c1-19-7-9-20(10-8-19)15-18(23)22-13-11-21(12-14-22)16-5-3-4-6-17(16)24-2/h3-6H,7-15H2,1-2H3. The minimum atomic E-state index is 0.263. The van der Waals surface area contributed by atoms with Gasteiger partial charge in [-0.3, -0.25) is 9.69 Å². The minimum absolute atomic E-state index is 0.263. The summed E-state index contributed by atoms with van der Waals surface area (Å²) in [6.45, 7) is 7.91. The van der Waals surface area contributed by atoms with Crippen LogP contribution in [0.4, 0.5) is 5.69 Å². The molecule has 0 bridgehead atoms. The van der Waals surface area contributed by atoms with E-state index in [0.717, 1.165) is 63.8 Å². The van der Waals surface area contributed by atoms with Crippen LogP contribution < -0.4 is 9.64 Å². The number of carbonyl (C=O) groups excluding carboxylic acids is 1. The topological polar surface area (TPSA) is 39.3 Å². The maximum atomic E-state index is 12.5. The maximum Gasteiger partial charge on any atom is 0.236 e. The summed E-state index contributed by atoms with van der Waals surface area (Å²) in [7, 11) is 3.84. The average Bonchev–Trinajstić information content (AvgIpc) is 2.63. The molecule has 6 heteroatoms. The van der Waals surface area contributed by atoms with Crippen molar-refractivity contribution in [1.82, 2.24) is 14.7 Å². The first-order valence-electron chi connectivity index (χ1n) is 8.74. The molecule has 2 aliphatic rings. The van der Waals surface area contributed by atoms with Crippen molar-refractivity contribution >= 4 is 11.6 Å². The monoisotopic (exact) mass is 332 g/mol. The quantitative estimate of drug-likeness (QED) is 0.807. The Morgan fingerprint density at radius 2 is 1.67 bits per heavy atom. The number of likely N-dealkylation sites (N-methyl/N-ethyl adjacent to an activating group) is 1. The van der Waals surface area contributed by atoms with Gasteiger partial charge in [0.15, 0.2) is 0 Å². The molecule has 0 atom stereocenters. The number of ether oxygens (including phenoxy) is 1. The predicted octanol–water partition coefficient (Wildman–Crippen LogP) is 0.591. The van der Waals surface area contributed by atoms with Crippen molar-refractivity contribution in [2.75, 3.05) is 78.0 Å². The van der Waals surface area contributed by atoms with Crippen LogP contribution in [0.5, 0.6) is 5.75 Å². The van der Waals surface area contributed by atoms with E-state index in [2.05, 4.69) is 27.8 Å². The van der Waals surface area contributed by atoms with Crippen LogP contribution in [0.15, 0.2) is 24.3 Å². The third-order valence-electron chi connectivity index (χ3n) is 5.01. The molecule has 1 aromatic carbocycles. The van der Waals surface area contributed by atoms with E-state index >= 15 is 0 Å². The van der Waals surface area contributed by atoms with E-state index < -0.39 is 0 Å². The van der Waals surface area contributed by atoms with Gasteiger partial charge in [0, 0.05) is 52.4 Å². The summed E-state index contributed by atoms with van der Waals surface area (Å²) in [6, 6.07) is 8.09. The van der Waals surface area contributed by atoms with Crippen LogP contribution in [0, 0.1) is 0 Å². The Morgan fingerprint density at radius 3 is 2.33 bits per heavy atom. The molecule has 132 valence electrons. The van der Waals surface area contributed by atoms with Crippen molar-refractivity contribution in [3.8, 4) is 5.75 Å². The number of hydrogen-bond donors (Lipinski definition) is 0. The Balaban J connectivity index is 1.50. The number of para-hydroxylation sites is 2. The summed E-state index contributed by atoms with van der Waals surface area (Å²) >= 11 is 0. The van der Waals surface area contributed by atoms with E-state index in [9.17, 15) is 4.79 Å². The lowest BCUT2D eigenvalue weighted by molar-refractivity contribution is -0.133. The lowest BCUT2D eigenvalue weighted by Crippen LogP contribution is -2.53. The zero-order valence-corrected chi connectivity index (χ0v) is 14.8. The number of benzene rings is 1. The van der Waals surface area contributed by atoms with Crippen LogP contribution >= 0.6 is 0 Å². The van der Waals surface area contributed by atoms with Crippen LogP contribution in [0.3, 0.4) is 0 Å². The fourth-order valence-corrected chi connectivity index (χ4v) is 3.39. The number of carbonyl (C=O) groups is 1. The molecule has 0 radical (unpaired) electrons. The molecule has 24 heavy (non-hydrogen) atoms. The second-order valence-electron chi connectivity index (χ2n) is 6.62. The van der Waals surface area contributed by atoms with Crippen molar-refractivity contribution in [3.05, 3.63) is 24.3 Å². The zero-order chi connectivity index (χ0) is 16.9. The lowest BCUT2D eigenvalue weighted by atomic mass is 10.2. The summed E-state index contributed by atoms with van der Waals surface area (Å²) in [5.74, 6) is 1.16. The fourth-order valence-electron chi connectivity index (χ4n) is 3.39. The number of amides is 1. The second-order valence-corrected chi connectivity index (χ2v) is 6.62. The first-order chi connectivity index (χ1) is 11.7. The lowest BCUT2D eigenvalue weighted by Gasteiger charge is -2.38. The molecule has 0 unspecified atom stereocenters. The highest BCUT2D eigenvalue weighted by Crippen LogP contribution is 2.28. The Morgan fingerprint density at radius 1 is 1.00 bits per heavy atom.